The summed E-state index contributed by atoms with van der Waals surface area (Å²) >= 11 is 7.82. The van der Waals surface area contributed by atoms with Crippen molar-refractivity contribution in [3.63, 3.8) is 0 Å². The topological polar surface area (TPSA) is 53.5 Å². The highest BCUT2D eigenvalue weighted by Gasteiger charge is 2.40. The van der Waals surface area contributed by atoms with E-state index in [4.69, 9.17) is 11.6 Å². The Kier molecular flexibility index (Phi) is 3.99. The van der Waals surface area contributed by atoms with Crippen molar-refractivity contribution in [3.8, 4) is 0 Å². The van der Waals surface area contributed by atoms with Gasteiger partial charge in [0.25, 0.3) is 0 Å². The lowest BCUT2D eigenvalue weighted by Crippen LogP contribution is -2.37. The Morgan fingerprint density at radius 2 is 2.00 bits per heavy atom. The molecule has 0 N–H and O–H groups in total. The zero-order valence-corrected chi connectivity index (χ0v) is 15.0. The first-order valence-electron chi connectivity index (χ1n) is 7.85. The van der Waals surface area contributed by atoms with Crippen molar-refractivity contribution >= 4 is 48.3 Å². The van der Waals surface area contributed by atoms with Crippen LogP contribution in [0.25, 0.3) is 10.2 Å². The van der Waals surface area contributed by atoms with Gasteiger partial charge in [-0.15, -0.1) is 0 Å². The van der Waals surface area contributed by atoms with Crippen LogP contribution in [0.5, 0.6) is 0 Å². The number of halogens is 1. The average Bonchev–Trinajstić information content (AvgIpc) is 3.32. The molecule has 1 aliphatic carbocycles. The number of nitrogens with zero attached hydrogens (tertiary/aromatic N) is 3. The van der Waals surface area contributed by atoms with E-state index in [1.807, 2.05) is 18.2 Å². The number of hydrogen-bond donors (Lipinski definition) is 0. The van der Waals surface area contributed by atoms with E-state index in [0.717, 1.165) is 41.2 Å². The Labute approximate surface area is 144 Å². The molecule has 0 atom stereocenters. The summed E-state index contributed by atoms with van der Waals surface area (Å²) in [5, 5.41) is 1.46. The molecule has 1 aliphatic heterocycles. The molecule has 4 rings (SSSR count). The normalized spacial score (nSPS) is 20.8. The van der Waals surface area contributed by atoms with E-state index in [1.54, 1.807) is 15.6 Å². The quantitative estimate of drug-likeness (QED) is 0.832. The number of aromatic nitrogens is 1. The number of anilines is 1. The zero-order chi connectivity index (χ0) is 16.0. The molecule has 0 amide bonds. The molecule has 1 aromatic heterocycles. The Hall–Kier alpha value is -0.890. The Morgan fingerprint density at radius 1 is 1.17 bits per heavy atom. The molecule has 5 nitrogen and oxygen atoms in total. The number of thiazole rings is 1. The molecule has 0 spiro atoms. The number of para-hydroxylation sites is 1. The van der Waals surface area contributed by atoms with Gasteiger partial charge in [-0.2, -0.15) is 4.31 Å². The highest BCUT2D eigenvalue weighted by molar-refractivity contribution is 7.90. The minimum Gasteiger partial charge on any atom is -0.347 e. The highest BCUT2D eigenvalue weighted by atomic mass is 35.5. The molecule has 1 saturated carbocycles. The molecule has 2 heterocycles. The van der Waals surface area contributed by atoms with Gasteiger partial charge >= 0.3 is 0 Å². The predicted molar refractivity (Wildman–Crippen MR) is 95.0 cm³/mol. The van der Waals surface area contributed by atoms with Gasteiger partial charge in [0, 0.05) is 26.2 Å². The molecule has 2 aromatic rings. The van der Waals surface area contributed by atoms with Crippen molar-refractivity contribution in [2.45, 2.75) is 24.5 Å². The van der Waals surface area contributed by atoms with Crippen LogP contribution in [-0.2, 0) is 10.0 Å². The smallest absolute Gasteiger partial charge is 0.217 e. The summed E-state index contributed by atoms with van der Waals surface area (Å²) < 4.78 is 27.6. The average molecular weight is 372 g/mol. The van der Waals surface area contributed by atoms with Gasteiger partial charge in [-0.3, -0.25) is 0 Å². The summed E-state index contributed by atoms with van der Waals surface area (Å²) in [5.74, 6) is 0. The molecular weight excluding hydrogens is 354 g/mol. The lowest BCUT2D eigenvalue weighted by molar-refractivity contribution is 0.432. The molecule has 1 aromatic carbocycles. The molecule has 0 radical (unpaired) electrons. The van der Waals surface area contributed by atoms with Gasteiger partial charge in [-0.1, -0.05) is 29.0 Å². The van der Waals surface area contributed by atoms with Crippen molar-refractivity contribution in [2.75, 3.05) is 31.1 Å². The standard InChI is InChI=1S/C15H18ClN3O2S2/c16-12-3-1-4-13-14(12)17-15(22-13)18-7-2-8-19(10-9-18)23(20,21)11-5-6-11/h1,3-4,11H,2,5-10H2. The summed E-state index contributed by atoms with van der Waals surface area (Å²) in [6, 6.07) is 5.79. The third-order valence-electron chi connectivity index (χ3n) is 4.39. The van der Waals surface area contributed by atoms with Gasteiger partial charge in [0.2, 0.25) is 10.0 Å². The fourth-order valence-corrected chi connectivity index (χ4v) is 6.14. The minimum absolute atomic E-state index is 0.129. The molecule has 2 fully saturated rings. The van der Waals surface area contributed by atoms with Crippen LogP contribution >= 0.6 is 22.9 Å². The van der Waals surface area contributed by atoms with Crippen molar-refractivity contribution in [1.29, 1.82) is 0 Å². The Morgan fingerprint density at radius 3 is 2.74 bits per heavy atom. The third kappa shape index (κ3) is 2.95. The van der Waals surface area contributed by atoms with Gasteiger partial charge in [0.1, 0.15) is 5.52 Å². The molecule has 2 aliphatic rings. The lowest BCUT2D eigenvalue weighted by atomic mass is 10.3. The van der Waals surface area contributed by atoms with Crippen LogP contribution in [0, 0.1) is 0 Å². The van der Waals surface area contributed by atoms with Gasteiger partial charge in [0.05, 0.1) is 15.0 Å². The second-order valence-corrected chi connectivity index (χ2v) is 9.70. The monoisotopic (exact) mass is 371 g/mol. The maximum atomic E-state index is 12.4. The number of sulfonamides is 1. The molecule has 8 heteroatoms. The van der Waals surface area contributed by atoms with Crippen LogP contribution in [0.2, 0.25) is 5.02 Å². The van der Waals surface area contributed by atoms with Gasteiger partial charge in [-0.25, -0.2) is 13.4 Å². The summed E-state index contributed by atoms with van der Waals surface area (Å²) in [4.78, 5) is 6.84. The highest BCUT2D eigenvalue weighted by Crippen LogP contribution is 2.34. The SMILES string of the molecule is O=S(=O)(C1CC1)N1CCCN(c2nc3c(Cl)cccc3s2)CC1. The van der Waals surface area contributed by atoms with E-state index in [9.17, 15) is 8.42 Å². The second-order valence-electron chi connectivity index (χ2n) is 6.07. The molecule has 1 saturated heterocycles. The summed E-state index contributed by atoms with van der Waals surface area (Å²) in [7, 11) is -3.08. The van der Waals surface area contributed by atoms with E-state index >= 15 is 0 Å². The van der Waals surface area contributed by atoms with E-state index in [1.165, 1.54) is 0 Å². The summed E-state index contributed by atoms with van der Waals surface area (Å²) in [6.07, 6.45) is 2.47. The molecule has 0 unspecified atom stereocenters. The van der Waals surface area contributed by atoms with Crippen LogP contribution in [0.1, 0.15) is 19.3 Å². The van der Waals surface area contributed by atoms with Gasteiger partial charge < -0.3 is 4.90 Å². The zero-order valence-electron chi connectivity index (χ0n) is 12.6. The number of fused-ring (bicyclic) bond motifs is 1. The van der Waals surface area contributed by atoms with Crippen molar-refractivity contribution in [2.24, 2.45) is 0 Å². The first kappa shape index (κ1) is 15.6. The van der Waals surface area contributed by atoms with Crippen LogP contribution in [0.4, 0.5) is 5.13 Å². The molecule has 0 bridgehead atoms. The van der Waals surface area contributed by atoms with Crippen molar-refractivity contribution in [1.82, 2.24) is 9.29 Å². The fourth-order valence-electron chi connectivity index (χ4n) is 2.95. The largest absolute Gasteiger partial charge is 0.347 e. The van der Waals surface area contributed by atoms with E-state index in [2.05, 4.69) is 9.88 Å². The van der Waals surface area contributed by atoms with Crippen LogP contribution in [0.15, 0.2) is 18.2 Å². The summed E-state index contributed by atoms with van der Waals surface area (Å²) in [6.45, 7) is 2.67. The number of rotatable bonds is 3. The molecular formula is C15H18ClN3O2S2. The van der Waals surface area contributed by atoms with Crippen molar-refractivity contribution in [3.05, 3.63) is 23.2 Å². The Bertz CT molecular complexity index is 832. The van der Waals surface area contributed by atoms with Crippen molar-refractivity contribution < 1.29 is 8.42 Å². The van der Waals surface area contributed by atoms with Gasteiger partial charge in [-0.05, 0) is 31.4 Å². The third-order valence-corrected chi connectivity index (χ3v) is 8.17. The number of benzene rings is 1. The lowest BCUT2D eigenvalue weighted by Gasteiger charge is -2.21. The van der Waals surface area contributed by atoms with Crippen LogP contribution in [0.3, 0.4) is 0 Å². The first-order chi connectivity index (χ1) is 11.1. The summed E-state index contributed by atoms with van der Waals surface area (Å²) in [5.41, 5.74) is 0.834. The first-order valence-corrected chi connectivity index (χ1v) is 10.5. The van der Waals surface area contributed by atoms with Crippen LogP contribution in [-0.4, -0.2) is 49.1 Å². The van der Waals surface area contributed by atoms with Crippen LogP contribution < -0.4 is 4.90 Å². The number of hydrogen-bond acceptors (Lipinski definition) is 5. The van der Waals surface area contributed by atoms with E-state index in [0.29, 0.717) is 24.7 Å². The van der Waals surface area contributed by atoms with E-state index in [-0.39, 0.29) is 5.25 Å². The van der Waals surface area contributed by atoms with E-state index < -0.39 is 10.0 Å². The maximum Gasteiger partial charge on any atom is 0.217 e. The Balaban J connectivity index is 1.55. The maximum absolute atomic E-state index is 12.4. The second kappa shape index (κ2) is 5.88. The fraction of sp³-hybridized carbons (Fsp3) is 0.533. The predicted octanol–water partition coefficient (Wildman–Crippen LogP) is 2.95. The minimum atomic E-state index is -3.08. The van der Waals surface area contributed by atoms with Gasteiger partial charge in [0.15, 0.2) is 5.13 Å². The molecule has 124 valence electrons. The molecule has 23 heavy (non-hydrogen) atoms.